The zero-order valence-electron chi connectivity index (χ0n) is 7.24. The van der Waals surface area contributed by atoms with E-state index in [-0.39, 0.29) is 0 Å². The lowest BCUT2D eigenvalue weighted by Crippen LogP contribution is -2.43. The molecule has 1 N–H and O–H groups in total. The van der Waals surface area contributed by atoms with Crippen LogP contribution in [0.25, 0.3) is 0 Å². The lowest BCUT2D eigenvalue weighted by Gasteiger charge is -2.27. The van der Waals surface area contributed by atoms with Gasteiger partial charge in [0.05, 0.1) is 6.67 Å². The Kier molecular flexibility index (Phi) is 2.44. The molecule has 0 radical (unpaired) electrons. The Bertz CT molecular complexity index is 212. The molecule has 1 aromatic rings. The third-order valence-electron chi connectivity index (χ3n) is 2.24. The van der Waals surface area contributed by atoms with Crippen molar-refractivity contribution in [2.75, 3.05) is 26.2 Å². The van der Waals surface area contributed by atoms with Gasteiger partial charge in [-0.05, 0) is 12.1 Å². The van der Waals surface area contributed by atoms with E-state index in [1.165, 1.54) is 0 Å². The van der Waals surface area contributed by atoms with Crippen molar-refractivity contribution in [2.24, 2.45) is 0 Å². The van der Waals surface area contributed by atoms with Crippen molar-refractivity contribution in [3.8, 4) is 0 Å². The third-order valence-corrected chi connectivity index (χ3v) is 2.24. The summed E-state index contributed by atoms with van der Waals surface area (Å²) in [6.45, 7) is 5.62. The van der Waals surface area contributed by atoms with Crippen molar-refractivity contribution in [1.29, 1.82) is 0 Å². The quantitative estimate of drug-likeness (QED) is 0.682. The molecule has 0 spiro atoms. The van der Waals surface area contributed by atoms with Gasteiger partial charge in [0.15, 0.2) is 0 Å². The number of rotatable bonds is 2. The van der Waals surface area contributed by atoms with Gasteiger partial charge in [0.25, 0.3) is 0 Å². The minimum absolute atomic E-state index is 1.04. The SMILES string of the molecule is c1ccn(CN2CCNCC2)c1. The second-order valence-electron chi connectivity index (χ2n) is 3.21. The van der Waals surface area contributed by atoms with Crippen molar-refractivity contribution in [3.05, 3.63) is 24.5 Å². The summed E-state index contributed by atoms with van der Waals surface area (Å²) in [6.07, 6.45) is 4.23. The van der Waals surface area contributed by atoms with Gasteiger partial charge in [-0.1, -0.05) is 0 Å². The lowest BCUT2D eigenvalue weighted by atomic mass is 10.4. The molecule has 1 saturated heterocycles. The van der Waals surface area contributed by atoms with E-state index in [0.717, 1.165) is 32.8 Å². The Morgan fingerprint density at radius 2 is 1.75 bits per heavy atom. The van der Waals surface area contributed by atoms with Gasteiger partial charge in [-0.25, -0.2) is 0 Å². The fraction of sp³-hybridized carbons (Fsp3) is 0.556. The molecule has 66 valence electrons. The van der Waals surface area contributed by atoms with Gasteiger partial charge in [0.2, 0.25) is 0 Å². The molecule has 0 unspecified atom stereocenters. The van der Waals surface area contributed by atoms with E-state index in [1.807, 2.05) is 0 Å². The summed E-state index contributed by atoms with van der Waals surface area (Å²) in [5, 5.41) is 3.34. The van der Waals surface area contributed by atoms with Crippen LogP contribution in [0.3, 0.4) is 0 Å². The maximum absolute atomic E-state index is 3.34. The van der Waals surface area contributed by atoms with Crippen LogP contribution < -0.4 is 5.32 Å². The number of nitrogens with one attached hydrogen (secondary N) is 1. The molecule has 1 aliphatic rings. The number of hydrogen-bond donors (Lipinski definition) is 1. The van der Waals surface area contributed by atoms with Crippen LogP contribution in [0.15, 0.2) is 24.5 Å². The Hall–Kier alpha value is -0.800. The molecule has 3 heteroatoms. The van der Waals surface area contributed by atoms with E-state index in [4.69, 9.17) is 0 Å². The van der Waals surface area contributed by atoms with Crippen LogP contribution in [0.4, 0.5) is 0 Å². The second kappa shape index (κ2) is 3.74. The molecule has 0 atom stereocenters. The highest BCUT2D eigenvalue weighted by atomic mass is 15.3. The first-order valence-electron chi connectivity index (χ1n) is 4.49. The smallest absolute Gasteiger partial charge is 0.0745 e. The summed E-state index contributed by atoms with van der Waals surface area (Å²) in [6, 6.07) is 4.14. The van der Waals surface area contributed by atoms with Gasteiger partial charge in [-0.2, -0.15) is 0 Å². The van der Waals surface area contributed by atoms with E-state index in [1.54, 1.807) is 0 Å². The summed E-state index contributed by atoms with van der Waals surface area (Å²) in [7, 11) is 0. The van der Waals surface area contributed by atoms with Crippen LogP contribution in [0.5, 0.6) is 0 Å². The van der Waals surface area contributed by atoms with Crippen molar-refractivity contribution >= 4 is 0 Å². The molecule has 3 nitrogen and oxygen atoms in total. The molecule has 0 aliphatic carbocycles. The Balaban J connectivity index is 1.86. The van der Waals surface area contributed by atoms with Gasteiger partial charge in [-0.15, -0.1) is 0 Å². The van der Waals surface area contributed by atoms with Crippen LogP contribution in [0, 0.1) is 0 Å². The van der Waals surface area contributed by atoms with E-state index in [9.17, 15) is 0 Å². The van der Waals surface area contributed by atoms with Crippen molar-refractivity contribution in [3.63, 3.8) is 0 Å². The lowest BCUT2D eigenvalue weighted by molar-refractivity contribution is 0.193. The van der Waals surface area contributed by atoms with Crippen molar-refractivity contribution in [1.82, 2.24) is 14.8 Å². The molecular weight excluding hydrogens is 150 g/mol. The maximum Gasteiger partial charge on any atom is 0.0745 e. The van der Waals surface area contributed by atoms with E-state index >= 15 is 0 Å². The monoisotopic (exact) mass is 165 g/mol. The summed E-state index contributed by atoms with van der Waals surface area (Å²) in [5.41, 5.74) is 0. The topological polar surface area (TPSA) is 20.2 Å². The molecule has 0 bridgehead atoms. The van der Waals surface area contributed by atoms with Crippen LogP contribution in [0.1, 0.15) is 0 Å². The predicted molar refractivity (Wildman–Crippen MR) is 48.9 cm³/mol. The van der Waals surface area contributed by atoms with Gasteiger partial charge < -0.3 is 9.88 Å². The van der Waals surface area contributed by atoms with Crippen LogP contribution in [-0.4, -0.2) is 35.6 Å². The Labute approximate surface area is 73.0 Å². The summed E-state index contributed by atoms with van der Waals surface area (Å²) < 4.78 is 2.21. The molecule has 2 rings (SSSR count). The van der Waals surface area contributed by atoms with Gasteiger partial charge in [0, 0.05) is 38.6 Å². The molecule has 1 aromatic heterocycles. The van der Waals surface area contributed by atoms with Gasteiger partial charge in [0.1, 0.15) is 0 Å². The summed E-state index contributed by atoms with van der Waals surface area (Å²) in [5.74, 6) is 0. The number of aromatic nitrogens is 1. The summed E-state index contributed by atoms with van der Waals surface area (Å²) in [4.78, 5) is 2.45. The number of nitrogens with zero attached hydrogens (tertiary/aromatic N) is 2. The average Bonchev–Trinajstić information content (AvgIpc) is 2.59. The maximum atomic E-state index is 3.34. The Morgan fingerprint density at radius 3 is 2.42 bits per heavy atom. The first kappa shape index (κ1) is 7.83. The van der Waals surface area contributed by atoms with Crippen LogP contribution in [0.2, 0.25) is 0 Å². The molecule has 12 heavy (non-hydrogen) atoms. The summed E-state index contributed by atoms with van der Waals surface area (Å²) >= 11 is 0. The zero-order chi connectivity index (χ0) is 8.23. The Morgan fingerprint density at radius 1 is 1.08 bits per heavy atom. The largest absolute Gasteiger partial charge is 0.341 e. The molecule has 0 amide bonds. The van der Waals surface area contributed by atoms with Crippen LogP contribution >= 0.6 is 0 Å². The fourth-order valence-electron chi connectivity index (χ4n) is 1.55. The number of hydrogen-bond acceptors (Lipinski definition) is 2. The fourth-order valence-corrected chi connectivity index (χ4v) is 1.55. The second-order valence-corrected chi connectivity index (χ2v) is 3.21. The molecule has 0 saturated carbocycles. The zero-order valence-corrected chi connectivity index (χ0v) is 7.24. The van der Waals surface area contributed by atoms with E-state index in [2.05, 4.69) is 39.3 Å². The van der Waals surface area contributed by atoms with Gasteiger partial charge in [-0.3, -0.25) is 4.90 Å². The first-order valence-corrected chi connectivity index (χ1v) is 4.49. The molecular formula is C9H15N3. The normalized spacial score (nSPS) is 19.7. The van der Waals surface area contributed by atoms with E-state index in [0.29, 0.717) is 0 Å². The van der Waals surface area contributed by atoms with Gasteiger partial charge >= 0.3 is 0 Å². The predicted octanol–water partition coefficient (Wildman–Crippen LogP) is 0.351. The van der Waals surface area contributed by atoms with Crippen molar-refractivity contribution in [2.45, 2.75) is 6.67 Å². The molecule has 1 fully saturated rings. The minimum atomic E-state index is 1.04. The highest BCUT2D eigenvalue weighted by molar-refractivity contribution is 4.90. The molecule has 2 heterocycles. The van der Waals surface area contributed by atoms with E-state index < -0.39 is 0 Å². The number of piperazine rings is 1. The highest BCUT2D eigenvalue weighted by Crippen LogP contribution is 1.97. The third kappa shape index (κ3) is 1.87. The molecule has 1 aliphatic heterocycles. The minimum Gasteiger partial charge on any atom is -0.341 e. The average molecular weight is 165 g/mol. The standard InChI is InChI=1S/C9H15N3/c1-2-6-11(5-1)9-12-7-3-10-4-8-12/h1-2,5-6,10H,3-4,7-9H2. The van der Waals surface area contributed by atoms with Crippen molar-refractivity contribution < 1.29 is 0 Å². The first-order chi connectivity index (χ1) is 5.95. The van der Waals surface area contributed by atoms with Crippen LogP contribution in [-0.2, 0) is 6.67 Å². The molecule has 0 aromatic carbocycles. The highest BCUT2D eigenvalue weighted by Gasteiger charge is 2.08.